The van der Waals surface area contributed by atoms with Crippen molar-refractivity contribution in [2.24, 2.45) is 0 Å². The number of amides is 2. The lowest BCUT2D eigenvalue weighted by Crippen LogP contribution is -2.58. The predicted molar refractivity (Wildman–Crippen MR) is 101 cm³/mol. The molecule has 1 aliphatic rings. The van der Waals surface area contributed by atoms with Crippen LogP contribution in [0.15, 0.2) is 28.8 Å². The zero-order valence-electron chi connectivity index (χ0n) is 15.1. The van der Waals surface area contributed by atoms with Crippen molar-refractivity contribution < 1.29 is 14.1 Å². The molecule has 0 bridgehead atoms. The third-order valence-corrected chi connectivity index (χ3v) is 5.09. The van der Waals surface area contributed by atoms with E-state index in [2.05, 4.69) is 22.4 Å². The monoisotopic (exact) mass is 374 g/mol. The lowest BCUT2D eigenvalue weighted by atomic mass is 9.96. The Morgan fingerprint density at radius 3 is 2.88 bits per heavy atom. The second-order valence-electron chi connectivity index (χ2n) is 6.61. The lowest BCUT2D eigenvalue weighted by Gasteiger charge is -2.42. The van der Waals surface area contributed by atoms with Crippen molar-refractivity contribution in [3.05, 3.63) is 36.0 Å². The highest BCUT2D eigenvalue weighted by atomic mass is 32.2. The summed E-state index contributed by atoms with van der Waals surface area (Å²) in [4.78, 5) is 31.2. The number of nitrogens with zero attached hydrogens (tertiary/aromatic N) is 3. The topological polar surface area (TPSA) is 88.3 Å². The summed E-state index contributed by atoms with van der Waals surface area (Å²) >= 11 is 1.40. The lowest BCUT2D eigenvalue weighted by molar-refractivity contribution is -0.125. The number of hydrogen-bond donors (Lipinski definition) is 1. The SMILES string of the molecule is CCCc1noc(CSCC(=O)N2c3ccccc3NC(=O)C2(C)C)n1. The highest BCUT2D eigenvalue weighted by Crippen LogP contribution is 2.37. The molecular weight excluding hydrogens is 352 g/mol. The molecule has 1 N–H and O–H groups in total. The highest BCUT2D eigenvalue weighted by Gasteiger charge is 2.43. The fourth-order valence-corrected chi connectivity index (χ4v) is 3.56. The zero-order valence-corrected chi connectivity index (χ0v) is 15.9. The molecule has 0 saturated carbocycles. The number of thioether (sulfide) groups is 1. The molecule has 0 aliphatic carbocycles. The molecule has 7 nitrogen and oxygen atoms in total. The molecule has 1 aromatic carbocycles. The van der Waals surface area contributed by atoms with Gasteiger partial charge < -0.3 is 9.84 Å². The number of benzene rings is 1. The summed E-state index contributed by atoms with van der Waals surface area (Å²) in [6, 6.07) is 7.32. The smallest absolute Gasteiger partial charge is 0.250 e. The fraction of sp³-hybridized carbons (Fsp3) is 0.444. The molecule has 2 heterocycles. The Morgan fingerprint density at radius 1 is 1.35 bits per heavy atom. The fourth-order valence-electron chi connectivity index (χ4n) is 2.86. The van der Waals surface area contributed by atoms with Crippen molar-refractivity contribution in [2.75, 3.05) is 16.0 Å². The van der Waals surface area contributed by atoms with Crippen LogP contribution in [-0.2, 0) is 21.8 Å². The van der Waals surface area contributed by atoms with E-state index in [-0.39, 0.29) is 17.6 Å². The van der Waals surface area contributed by atoms with Crippen molar-refractivity contribution in [3.8, 4) is 0 Å². The van der Waals surface area contributed by atoms with Crippen molar-refractivity contribution >= 4 is 35.0 Å². The van der Waals surface area contributed by atoms with E-state index in [0.29, 0.717) is 28.8 Å². The van der Waals surface area contributed by atoms with Gasteiger partial charge in [-0.05, 0) is 32.4 Å². The average Bonchev–Trinajstić information content (AvgIpc) is 3.03. The number of carbonyl (C=O) groups excluding carboxylic acids is 2. The van der Waals surface area contributed by atoms with E-state index in [1.807, 2.05) is 18.2 Å². The van der Waals surface area contributed by atoms with Crippen molar-refractivity contribution in [1.29, 1.82) is 0 Å². The molecule has 26 heavy (non-hydrogen) atoms. The number of hydrogen-bond acceptors (Lipinski definition) is 6. The molecule has 2 amide bonds. The number of nitrogens with one attached hydrogen (secondary N) is 1. The zero-order chi connectivity index (χ0) is 18.7. The minimum absolute atomic E-state index is 0.129. The maximum Gasteiger partial charge on any atom is 0.250 e. The number of carbonyl (C=O) groups is 2. The third kappa shape index (κ3) is 3.60. The first-order chi connectivity index (χ1) is 12.4. The minimum Gasteiger partial charge on any atom is -0.338 e. The van der Waals surface area contributed by atoms with Gasteiger partial charge in [0.15, 0.2) is 5.82 Å². The van der Waals surface area contributed by atoms with Gasteiger partial charge in [-0.1, -0.05) is 24.2 Å². The van der Waals surface area contributed by atoms with E-state index < -0.39 is 5.54 Å². The highest BCUT2D eigenvalue weighted by molar-refractivity contribution is 7.99. The van der Waals surface area contributed by atoms with Crippen molar-refractivity contribution in [1.82, 2.24) is 10.1 Å². The summed E-state index contributed by atoms with van der Waals surface area (Å²) in [5.41, 5.74) is 0.409. The van der Waals surface area contributed by atoms with Crippen LogP contribution in [0.1, 0.15) is 38.9 Å². The number of rotatable bonds is 6. The van der Waals surface area contributed by atoms with E-state index in [1.165, 1.54) is 11.8 Å². The van der Waals surface area contributed by atoms with E-state index in [9.17, 15) is 9.59 Å². The van der Waals surface area contributed by atoms with Crippen LogP contribution in [-0.4, -0.2) is 33.2 Å². The Labute approximate surface area is 156 Å². The maximum absolute atomic E-state index is 12.9. The van der Waals surface area contributed by atoms with Crippen molar-refractivity contribution in [3.63, 3.8) is 0 Å². The Hall–Kier alpha value is -2.35. The number of fused-ring (bicyclic) bond motifs is 1. The van der Waals surface area contributed by atoms with E-state index in [4.69, 9.17) is 4.52 Å². The van der Waals surface area contributed by atoms with Gasteiger partial charge in [0.2, 0.25) is 17.7 Å². The number of para-hydroxylation sites is 2. The van der Waals surface area contributed by atoms with Crippen LogP contribution in [0.2, 0.25) is 0 Å². The summed E-state index contributed by atoms with van der Waals surface area (Å²) in [5, 5.41) is 6.77. The van der Waals surface area contributed by atoms with Crippen LogP contribution < -0.4 is 10.2 Å². The second kappa shape index (κ2) is 7.49. The first kappa shape index (κ1) is 18.4. The number of aromatic nitrogens is 2. The Kier molecular flexibility index (Phi) is 5.31. The minimum atomic E-state index is -0.954. The van der Waals surface area contributed by atoms with Crippen LogP contribution in [0.4, 0.5) is 11.4 Å². The first-order valence-corrected chi connectivity index (χ1v) is 9.71. The van der Waals surface area contributed by atoms with E-state index in [1.54, 1.807) is 24.8 Å². The molecule has 2 aromatic rings. The third-order valence-electron chi connectivity index (χ3n) is 4.19. The Balaban J connectivity index is 1.68. The molecule has 138 valence electrons. The molecule has 1 aliphatic heterocycles. The van der Waals surface area contributed by atoms with Crippen molar-refractivity contribution in [2.45, 2.75) is 44.9 Å². The summed E-state index contributed by atoms with van der Waals surface area (Å²) in [6.45, 7) is 5.55. The molecule has 0 unspecified atom stereocenters. The molecule has 0 spiro atoms. The van der Waals surface area contributed by atoms with Gasteiger partial charge in [-0.2, -0.15) is 4.98 Å². The predicted octanol–water partition coefficient (Wildman–Crippen LogP) is 3.02. The molecular formula is C18H22N4O3S. The Bertz CT molecular complexity index is 818. The molecule has 8 heteroatoms. The second-order valence-corrected chi connectivity index (χ2v) is 7.59. The molecule has 0 saturated heterocycles. The number of anilines is 2. The molecule has 0 atom stereocenters. The van der Waals surface area contributed by atoms with Gasteiger partial charge in [0.05, 0.1) is 22.9 Å². The van der Waals surface area contributed by atoms with E-state index >= 15 is 0 Å². The molecule has 1 aromatic heterocycles. The summed E-state index contributed by atoms with van der Waals surface area (Å²) in [5.74, 6) is 1.56. The quantitative estimate of drug-likeness (QED) is 0.836. The first-order valence-electron chi connectivity index (χ1n) is 8.56. The van der Waals surface area contributed by atoms with Gasteiger partial charge >= 0.3 is 0 Å². The normalized spacial score (nSPS) is 15.5. The summed E-state index contributed by atoms with van der Waals surface area (Å²) in [6.07, 6.45) is 1.73. The average molecular weight is 374 g/mol. The summed E-state index contributed by atoms with van der Waals surface area (Å²) in [7, 11) is 0. The van der Waals surface area contributed by atoms with Crippen LogP contribution in [0.5, 0.6) is 0 Å². The Morgan fingerprint density at radius 2 is 2.12 bits per heavy atom. The van der Waals surface area contributed by atoms with Crippen LogP contribution >= 0.6 is 11.8 Å². The standard InChI is InChI=1S/C18H22N4O3S/c1-4-7-14-20-15(25-21-14)10-26-11-16(23)22-13-9-6-5-8-12(13)19-17(24)18(22,2)3/h5-6,8-9H,4,7,10-11H2,1-3H3,(H,19,24). The van der Waals surface area contributed by atoms with Gasteiger partial charge in [0.25, 0.3) is 0 Å². The van der Waals surface area contributed by atoms with Gasteiger partial charge in [0, 0.05) is 6.42 Å². The van der Waals surface area contributed by atoms with E-state index in [0.717, 1.165) is 12.8 Å². The van der Waals surface area contributed by atoms with Crippen LogP contribution in [0, 0.1) is 0 Å². The molecule has 0 radical (unpaired) electrons. The van der Waals surface area contributed by atoms with Gasteiger partial charge in [-0.15, -0.1) is 11.8 Å². The maximum atomic E-state index is 12.9. The number of aryl methyl sites for hydroxylation is 1. The van der Waals surface area contributed by atoms with Gasteiger partial charge in [0.1, 0.15) is 5.54 Å². The van der Waals surface area contributed by atoms with Crippen LogP contribution in [0.25, 0.3) is 0 Å². The van der Waals surface area contributed by atoms with Gasteiger partial charge in [-0.3, -0.25) is 14.5 Å². The molecule has 0 fully saturated rings. The molecule has 3 rings (SSSR count). The van der Waals surface area contributed by atoms with Crippen LogP contribution in [0.3, 0.4) is 0 Å². The van der Waals surface area contributed by atoms with Gasteiger partial charge in [-0.25, -0.2) is 0 Å². The largest absolute Gasteiger partial charge is 0.338 e. The summed E-state index contributed by atoms with van der Waals surface area (Å²) < 4.78 is 5.19.